The number of amides is 4. The summed E-state index contributed by atoms with van der Waals surface area (Å²) >= 11 is 0. The van der Waals surface area contributed by atoms with Crippen LogP contribution in [0.1, 0.15) is 38.7 Å². The second kappa shape index (κ2) is 12.2. The zero-order valence-electron chi connectivity index (χ0n) is 19.8. The van der Waals surface area contributed by atoms with Crippen LogP contribution >= 0.6 is 0 Å². The molecule has 12 nitrogen and oxygen atoms in total. The van der Waals surface area contributed by atoms with Gasteiger partial charge < -0.3 is 37.2 Å². The van der Waals surface area contributed by atoms with E-state index >= 15 is 0 Å². The third-order valence-corrected chi connectivity index (χ3v) is 5.81. The molecule has 0 aliphatic carbocycles. The number of aromatic hydroxyl groups is 1. The van der Waals surface area contributed by atoms with Crippen LogP contribution < -0.4 is 22.1 Å². The zero-order valence-corrected chi connectivity index (χ0v) is 19.8. The molecule has 35 heavy (non-hydrogen) atoms. The van der Waals surface area contributed by atoms with Crippen LogP contribution in [0.15, 0.2) is 24.3 Å². The molecule has 1 fully saturated rings. The van der Waals surface area contributed by atoms with Crippen molar-refractivity contribution in [2.45, 2.75) is 63.7 Å². The molecule has 8 N–H and O–H groups in total. The molecule has 0 bridgehead atoms. The van der Waals surface area contributed by atoms with Crippen LogP contribution in [-0.2, 0) is 30.4 Å². The molecular formula is C23H33N5O7. The minimum Gasteiger partial charge on any atom is -0.508 e. The second-order valence-corrected chi connectivity index (χ2v) is 8.97. The number of hydrogen-bond acceptors (Lipinski definition) is 7. The summed E-state index contributed by atoms with van der Waals surface area (Å²) < 4.78 is 0. The minimum absolute atomic E-state index is 0.0250. The smallest absolute Gasteiger partial charge is 0.326 e. The molecule has 1 aromatic carbocycles. The first-order valence-electron chi connectivity index (χ1n) is 11.4. The van der Waals surface area contributed by atoms with Gasteiger partial charge in [-0.2, -0.15) is 0 Å². The number of phenolic OH excluding ortho intramolecular Hbond substituents is 1. The zero-order chi connectivity index (χ0) is 26.3. The van der Waals surface area contributed by atoms with Gasteiger partial charge in [0.25, 0.3) is 0 Å². The lowest BCUT2D eigenvalue weighted by molar-refractivity contribution is -0.143. The molecule has 1 aliphatic rings. The molecule has 1 aliphatic heterocycles. The molecule has 0 spiro atoms. The summed E-state index contributed by atoms with van der Waals surface area (Å²) in [6.07, 6.45) is 0.520. The number of hydrogen-bond donors (Lipinski definition) is 6. The highest BCUT2D eigenvalue weighted by Crippen LogP contribution is 2.20. The van der Waals surface area contributed by atoms with E-state index in [4.69, 9.17) is 11.5 Å². The SMILES string of the molecule is CC(C)[C@H](NC(=O)[C@@H]1CCCN1C(=O)[C@@H](N)CC(N)=O)C(=O)N[C@@H](Cc1ccc(O)cc1)C(=O)O. The molecule has 192 valence electrons. The monoisotopic (exact) mass is 491 g/mol. The number of aliphatic carboxylic acids is 1. The van der Waals surface area contributed by atoms with Crippen molar-refractivity contribution in [2.75, 3.05) is 6.54 Å². The van der Waals surface area contributed by atoms with Crippen LogP contribution in [0.4, 0.5) is 0 Å². The van der Waals surface area contributed by atoms with Crippen LogP contribution in [0, 0.1) is 5.92 Å². The van der Waals surface area contributed by atoms with Crippen molar-refractivity contribution in [3.05, 3.63) is 29.8 Å². The number of rotatable bonds is 11. The number of likely N-dealkylation sites (tertiary alicyclic amines) is 1. The van der Waals surface area contributed by atoms with E-state index in [1.807, 2.05) is 0 Å². The fourth-order valence-electron chi connectivity index (χ4n) is 3.93. The average Bonchev–Trinajstić information content (AvgIpc) is 3.26. The maximum Gasteiger partial charge on any atom is 0.326 e. The van der Waals surface area contributed by atoms with Crippen LogP contribution in [-0.4, -0.2) is 75.4 Å². The molecule has 0 radical (unpaired) electrons. The summed E-state index contributed by atoms with van der Waals surface area (Å²) in [5.41, 5.74) is 11.5. The van der Waals surface area contributed by atoms with E-state index in [-0.39, 0.29) is 31.1 Å². The predicted octanol–water partition coefficient (Wildman–Crippen LogP) is -1.16. The number of nitrogens with zero attached hydrogens (tertiary/aromatic N) is 1. The first-order chi connectivity index (χ1) is 16.4. The van der Waals surface area contributed by atoms with Gasteiger partial charge in [-0.05, 0) is 36.5 Å². The topological polar surface area (TPSA) is 205 Å². The number of nitrogens with one attached hydrogen (secondary N) is 2. The first kappa shape index (κ1) is 27.6. The Kier molecular flexibility index (Phi) is 9.58. The van der Waals surface area contributed by atoms with Gasteiger partial charge in [0.05, 0.1) is 12.5 Å². The number of nitrogens with two attached hydrogens (primary N) is 2. The Labute approximate surface area is 203 Å². The van der Waals surface area contributed by atoms with Gasteiger partial charge in [-0.3, -0.25) is 19.2 Å². The van der Waals surface area contributed by atoms with E-state index < -0.39 is 53.8 Å². The Balaban J connectivity index is 2.08. The van der Waals surface area contributed by atoms with E-state index in [2.05, 4.69) is 10.6 Å². The molecule has 4 atom stereocenters. The third-order valence-electron chi connectivity index (χ3n) is 5.81. The van der Waals surface area contributed by atoms with Crippen molar-refractivity contribution in [1.29, 1.82) is 0 Å². The van der Waals surface area contributed by atoms with E-state index in [1.165, 1.54) is 17.0 Å². The predicted molar refractivity (Wildman–Crippen MR) is 125 cm³/mol. The number of phenols is 1. The van der Waals surface area contributed by atoms with E-state index in [0.717, 1.165) is 0 Å². The van der Waals surface area contributed by atoms with Gasteiger partial charge in [0.1, 0.15) is 23.9 Å². The normalized spacial score (nSPS) is 17.9. The summed E-state index contributed by atoms with van der Waals surface area (Å²) in [7, 11) is 0. The molecule has 0 unspecified atom stereocenters. The average molecular weight is 492 g/mol. The summed E-state index contributed by atoms with van der Waals surface area (Å²) in [4.78, 5) is 62.7. The van der Waals surface area contributed by atoms with Gasteiger partial charge in [-0.15, -0.1) is 0 Å². The van der Waals surface area contributed by atoms with E-state index in [0.29, 0.717) is 18.4 Å². The molecule has 12 heteroatoms. The lowest BCUT2D eigenvalue weighted by atomic mass is 10.0. The number of carboxylic acid groups (broad SMARTS) is 1. The third kappa shape index (κ3) is 7.67. The molecule has 4 amide bonds. The Bertz CT molecular complexity index is 950. The highest BCUT2D eigenvalue weighted by Gasteiger charge is 2.38. The molecule has 2 rings (SSSR count). The maximum atomic E-state index is 13.0. The van der Waals surface area contributed by atoms with Crippen molar-refractivity contribution < 1.29 is 34.2 Å². The van der Waals surface area contributed by atoms with Crippen molar-refractivity contribution in [2.24, 2.45) is 17.4 Å². The minimum atomic E-state index is -1.26. The van der Waals surface area contributed by atoms with Gasteiger partial charge in [-0.1, -0.05) is 26.0 Å². The highest BCUT2D eigenvalue weighted by molar-refractivity contribution is 5.95. The summed E-state index contributed by atoms with van der Waals surface area (Å²) in [6, 6.07) is 1.57. The largest absolute Gasteiger partial charge is 0.508 e. The Morgan fingerprint density at radius 1 is 1.11 bits per heavy atom. The Morgan fingerprint density at radius 3 is 2.29 bits per heavy atom. The van der Waals surface area contributed by atoms with Crippen LogP contribution in [0.2, 0.25) is 0 Å². The summed E-state index contributed by atoms with van der Waals surface area (Å²) in [5, 5.41) is 24.1. The molecular weight excluding hydrogens is 458 g/mol. The van der Waals surface area contributed by atoms with Crippen LogP contribution in [0.3, 0.4) is 0 Å². The maximum absolute atomic E-state index is 13.0. The first-order valence-corrected chi connectivity index (χ1v) is 11.4. The van der Waals surface area contributed by atoms with Crippen molar-refractivity contribution in [1.82, 2.24) is 15.5 Å². The van der Waals surface area contributed by atoms with Crippen LogP contribution in [0.5, 0.6) is 5.75 Å². The highest BCUT2D eigenvalue weighted by atomic mass is 16.4. The quantitative estimate of drug-likeness (QED) is 0.222. The number of primary amides is 1. The number of carbonyl (C=O) groups excluding carboxylic acids is 4. The fourth-order valence-corrected chi connectivity index (χ4v) is 3.93. The molecule has 1 heterocycles. The summed E-state index contributed by atoms with van der Waals surface area (Å²) in [6.45, 7) is 3.66. The Hall–Kier alpha value is -3.67. The molecule has 0 saturated carbocycles. The fraction of sp³-hybridized carbons (Fsp3) is 0.522. The van der Waals surface area contributed by atoms with Crippen molar-refractivity contribution in [3.63, 3.8) is 0 Å². The molecule has 1 saturated heterocycles. The summed E-state index contributed by atoms with van der Waals surface area (Å²) in [5.74, 6) is -4.17. The van der Waals surface area contributed by atoms with Crippen molar-refractivity contribution in [3.8, 4) is 5.75 Å². The number of carboxylic acids is 1. The van der Waals surface area contributed by atoms with Gasteiger partial charge in [0, 0.05) is 13.0 Å². The second-order valence-electron chi connectivity index (χ2n) is 8.97. The Morgan fingerprint density at radius 2 is 1.74 bits per heavy atom. The van der Waals surface area contributed by atoms with Crippen molar-refractivity contribution >= 4 is 29.6 Å². The number of benzene rings is 1. The van der Waals surface area contributed by atoms with Gasteiger partial charge in [-0.25, -0.2) is 4.79 Å². The van der Waals surface area contributed by atoms with Gasteiger partial charge in [0.2, 0.25) is 23.6 Å². The molecule has 1 aromatic rings. The lowest BCUT2D eigenvalue weighted by Crippen LogP contribution is -2.58. The van der Waals surface area contributed by atoms with E-state index in [9.17, 15) is 34.2 Å². The van der Waals surface area contributed by atoms with E-state index in [1.54, 1.807) is 26.0 Å². The van der Waals surface area contributed by atoms with Crippen LogP contribution in [0.25, 0.3) is 0 Å². The number of carbonyl (C=O) groups is 5. The molecule has 0 aromatic heterocycles. The standard InChI is InChI=1S/C23H33N5O7/c1-12(2)19(21(32)26-16(23(34)35)10-13-5-7-14(29)8-6-13)27-20(31)17-4-3-9-28(17)22(33)15(24)11-18(25)30/h5-8,12,15-17,19,29H,3-4,9-11,24H2,1-2H3,(H2,25,30)(H,26,32)(H,27,31)(H,34,35)/t15-,16-,17-,19-/m0/s1. The van der Waals surface area contributed by atoms with Gasteiger partial charge >= 0.3 is 5.97 Å². The lowest BCUT2D eigenvalue weighted by Gasteiger charge is -2.29. The van der Waals surface area contributed by atoms with Gasteiger partial charge in [0.15, 0.2) is 0 Å².